The first kappa shape index (κ1) is 21.8. The number of hydrogen-bond donors (Lipinski definition) is 0. The molecule has 0 radical (unpaired) electrons. The minimum absolute atomic E-state index is 0.152. The zero-order chi connectivity index (χ0) is 21.9. The van der Waals surface area contributed by atoms with Crippen molar-refractivity contribution >= 4 is 15.7 Å². The predicted molar refractivity (Wildman–Crippen MR) is 115 cm³/mol. The Bertz CT molecular complexity index is 1070. The van der Waals surface area contributed by atoms with Crippen LogP contribution in [-0.4, -0.2) is 25.1 Å². The van der Waals surface area contributed by atoms with Gasteiger partial charge in [0.25, 0.3) is 10.0 Å². The van der Waals surface area contributed by atoms with Crippen molar-refractivity contribution in [2.75, 3.05) is 10.8 Å². The average molecular weight is 430 g/mol. The van der Waals surface area contributed by atoms with Crippen LogP contribution in [0.2, 0.25) is 0 Å². The molecule has 0 spiro atoms. The van der Waals surface area contributed by atoms with Crippen molar-refractivity contribution < 1.29 is 17.7 Å². The van der Waals surface area contributed by atoms with Gasteiger partial charge in [-0.1, -0.05) is 19.0 Å². The number of aryl methyl sites for hydroxylation is 3. The Morgan fingerprint density at radius 3 is 2.30 bits per heavy atom. The third kappa shape index (κ3) is 4.81. The molecule has 0 saturated carbocycles. The molecule has 3 aromatic rings. The normalized spacial score (nSPS) is 11.7. The molecule has 2 aromatic heterocycles. The lowest BCUT2D eigenvalue weighted by Gasteiger charge is -2.26. The number of benzene rings is 1. The second-order valence-corrected chi connectivity index (χ2v) is 9.51. The Labute approximate surface area is 177 Å². The molecular weight excluding hydrogens is 402 g/mol. The predicted octanol–water partition coefficient (Wildman–Crippen LogP) is 4.43. The summed E-state index contributed by atoms with van der Waals surface area (Å²) < 4.78 is 39.0. The van der Waals surface area contributed by atoms with Gasteiger partial charge < -0.3 is 9.26 Å². The van der Waals surface area contributed by atoms with Gasteiger partial charge >= 0.3 is 0 Å². The molecule has 0 bridgehead atoms. The van der Waals surface area contributed by atoms with Crippen LogP contribution in [0.3, 0.4) is 0 Å². The van der Waals surface area contributed by atoms with E-state index in [9.17, 15) is 8.42 Å². The minimum atomic E-state index is -3.74. The molecular formula is C22H27N3O4S. The van der Waals surface area contributed by atoms with Gasteiger partial charge in [0.05, 0.1) is 28.0 Å². The van der Waals surface area contributed by atoms with E-state index in [0.717, 1.165) is 17.0 Å². The number of hydrogen-bond acceptors (Lipinski definition) is 6. The summed E-state index contributed by atoms with van der Waals surface area (Å²) in [5.74, 6) is 1.43. The van der Waals surface area contributed by atoms with Crippen molar-refractivity contribution in [2.24, 2.45) is 5.92 Å². The molecule has 0 saturated heterocycles. The summed E-state index contributed by atoms with van der Waals surface area (Å²) in [5.41, 5.74) is 3.05. The summed E-state index contributed by atoms with van der Waals surface area (Å²) in [7, 11) is -3.74. The van der Waals surface area contributed by atoms with Crippen LogP contribution in [0.25, 0.3) is 0 Å². The summed E-state index contributed by atoms with van der Waals surface area (Å²) in [6, 6.07) is 10.0. The van der Waals surface area contributed by atoms with Crippen LogP contribution in [0.15, 0.2) is 52.0 Å². The first-order valence-electron chi connectivity index (χ1n) is 9.78. The Balaban J connectivity index is 1.82. The van der Waals surface area contributed by atoms with Gasteiger partial charge in [-0.2, -0.15) is 0 Å². The second-order valence-electron chi connectivity index (χ2n) is 7.65. The molecule has 0 atom stereocenters. The summed E-state index contributed by atoms with van der Waals surface area (Å²) in [6.45, 7) is 10.2. The van der Waals surface area contributed by atoms with Crippen LogP contribution in [0.4, 0.5) is 5.69 Å². The highest BCUT2D eigenvalue weighted by Crippen LogP contribution is 2.26. The lowest BCUT2D eigenvalue weighted by molar-refractivity contribution is 0.301. The van der Waals surface area contributed by atoms with E-state index in [1.165, 1.54) is 4.31 Å². The number of nitrogens with zero attached hydrogens (tertiary/aromatic N) is 3. The maximum absolute atomic E-state index is 13.3. The Morgan fingerprint density at radius 2 is 1.77 bits per heavy atom. The van der Waals surface area contributed by atoms with Gasteiger partial charge in [0, 0.05) is 12.2 Å². The van der Waals surface area contributed by atoms with Crippen molar-refractivity contribution in [1.82, 2.24) is 10.1 Å². The third-order valence-corrected chi connectivity index (χ3v) is 6.50. The molecule has 0 aliphatic rings. The van der Waals surface area contributed by atoms with Crippen LogP contribution in [0.1, 0.15) is 36.6 Å². The van der Waals surface area contributed by atoms with Gasteiger partial charge in [-0.25, -0.2) is 8.42 Å². The van der Waals surface area contributed by atoms with Gasteiger partial charge in [-0.15, -0.1) is 0 Å². The summed E-state index contributed by atoms with van der Waals surface area (Å²) in [6.07, 6.45) is 1.59. The van der Waals surface area contributed by atoms with Crippen LogP contribution in [-0.2, 0) is 16.6 Å². The smallest absolute Gasteiger partial charge is 0.264 e. The van der Waals surface area contributed by atoms with Gasteiger partial charge in [0.1, 0.15) is 18.1 Å². The van der Waals surface area contributed by atoms with Crippen LogP contribution in [0, 0.1) is 26.7 Å². The van der Waals surface area contributed by atoms with E-state index in [-0.39, 0.29) is 10.8 Å². The zero-order valence-corrected chi connectivity index (χ0v) is 18.7. The van der Waals surface area contributed by atoms with E-state index in [1.807, 2.05) is 40.7 Å². The molecule has 8 heteroatoms. The number of pyridine rings is 1. The quantitative estimate of drug-likeness (QED) is 0.527. The molecule has 0 unspecified atom stereocenters. The third-order valence-electron chi connectivity index (χ3n) is 4.69. The largest absolute Gasteiger partial charge is 0.489 e. The minimum Gasteiger partial charge on any atom is -0.489 e. The topological polar surface area (TPSA) is 85.5 Å². The number of aromatic nitrogens is 2. The van der Waals surface area contributed by atoms with E-state index >= 15 is 0 Å². The fourth-order valence-electron chi connectivity index (χ4n) is 2.98. The molecule has 2 heterocycles. The highest BCUT2D eigenvalue weighted by molar-refractivity contribution is 7.92. The SMILES string of the molecule is Cc1ccc(N(CC(C)C)S(=O)(=O)c2ccc(OCc3c(C)noc3C)cc2)cn1. The average Bonchev–Trinajstić information content (AvgIpc) is 3.03. The molecule has 3 rings (SSSR count). The Hall–Kier alpha value is -2.87. The molecule has 0 aliphatic carbocycles. The van der Waals surface area contributed by atoms with Gasteiger partial charge in [-0.05, 0) is 63.1 Å². The van der Waals surface area contributed by atoms with E-state index in [0.29, 0.717) is 30.3 Å². The monoisotopic (exact) mass is 429 g/mol. The first-order valence-corrected chi connectivity index (χ1v) is 11.2. The van der Waals surface area contributed by atoms with E-state index in [2.05, 4.69) is 10.1 Å². The molecule has 0 amide bonds. The fraction of sp³-hybridized carbons (Fsp3) is 0.364. The van der Waals surface area contributed by atoms with Crippen molar-refractivity contribution in [3.8, 4) is 5.75 Å². The van der Waals surface area contributed by atoms with Crippen molar-refractivity contribution in [3.05, 3.63) is 65.3 Å². The number of rotatable bonds is 8. The van der Waals surface area contributed by atoms with Crippen LogP contribution in [0.5, 0.6) is 5.75 Å². The van der Waals surface area contributed by atoms with E-state index in [4.69, 9.17) is 9.26 Å². The molecule has 1 aromatic carbocycles. The highest BCUT2D eigenvalue weighted by atomic mass is 32.2. The molecule has 30 heavy (non-hydrogen) atoms. The number of anilines is 1. The molecule has 0 aliphatic heterocycles. The van der Waals surface area contributed by atoms with Crippen LogP contribution < -0.4 is 9.04 Å². The van der Waals surface area contributed by atoms with Crippen molar-refractivity contribution in [3.63, 3.8) is 0 Å². The van der Waals surface area contributed by atoms with E-state index < -0.39 is 10.0 Å². The second kappa shape index (κ2) is 8.87. The summed E-state index contributed by atoms with van der Waals surface area (Å²) in [5, 5.41) is 3.91. The molecule has 160 valence electrons. The number of sulfonamides is 1. The molecule has 7 nitrogen and oxygen atoms in total. The van der Waals surface area contributed by atoms with Crippen molar-refractivity contribution in [2.45, 2.75) is 46.1 Å². The Kier molecular flexibility index (Phi) is 6.45. The summed E-state index contributed by atoms with van der Waals surface area (Å²) >= 11 is 0. The lowest BCUT2D eigenvalue weighted by Crippen LogP contribution is -2.34. The van der Waals surface area contributed by atoms with Crippen LogP contribution >= 0.6 is 0 Å². The highest BCUT2D eigenvalue weighted by Gasteiger charge is 2.26. The maximum Gasteiger partial charge on any atom is 0.264 e. The first-order chi connectivity index (χ1) is 14.2. The summed E-state index contributed by atoms with van der Waals surface area (Å²) in [4.78, 5) is 4.45. The number of ether oxygens (including phenoxy) is 1. The van der Waals surface area contributed by atoms with E-state index in [1.54, 1.807) is 36.5 Å². The van der Waals surface area contributed by atoms with Gasteiger partial charge in [0.2, 0.25) is 0 Å². The molecule has 0 fully saturated rings. The Morgan fingerprint density at radius 1 is 1.07 bits per heavy atom. The molecule has 0 N–H and O–H groups in total. The maximum atomic E-state index is 13.3. The zero-order valence-electron chi connectivity index (χ0n) is 17.9. The lowest BCUT2D eigenvalue weighted by atomic mass is 10.2. The fourth-order valence-corrected chi connectivity index (χ4v) is 4.59. The standard InChI is InChI=1S/C22H27N3O4S/c1-15(2)13-25(19-7-6-16(3)23-12-19)30(26,27)21-10-8-20(9-11-21)28-14-22-17(4)24-29-18(22)5/h6-12,15H,13-14H2,1-5H3. The van der Waals surface area contributed by atoms with Crippen molar-refractivity contribution in [1.29, 1.82) is 0 Å². The van der Waals surface area contributed by atoms with Gasteiger partial charge in [0.15, 0.2) is 0 Å². The van der Waals surface area contributed by atoms with Gasteiger partial charge in [-0.3, -0.25) is 9.29 Å².